The standard InChI is InChI=1S/C16H16ClN3O2S/c17-11-2-1-3-13(8-11)20-7-6-14(16(20)22)19-15(21)5-4-12-9-23-10-18-12/h1-3,8-10,14H,4-7H2,(H,19,21)/t14-/m0/s1. The zero-order valence-electron chi connectivity index (χ0n) is 12.4. The van der Waals surface area contributed by atoms with E-state index in [1.807, 2.05) is 17.5 Å². The second kappa shape index (κ2) is 7.10. The molecule has 1 fully saturated rings. The van der Waals surface area contributed by atoms with Crippen molar-refractivity contribution in [3.05, 3.63) is 45.9 Å². The van der Waals surface area contributed by atoms with Crippen LogP contribution in [0, 0.1) is 0 Å². The molecule has 0 spiro atoms. The van der Waals surface area contributed by atoms with Crippen molar-refractivity contribution in [1.82, 2.24) is 10.3 Å². The Morgan fingerprint density at radius 2 is 2.35 bits per heavy atom. The summed E-state index contributed by atoms with van der Waals surface area (Å²) in [5, 5.41) is 5.33. The summed E-state index contributed by atoms with van der Waals surface area (Å²) in [5.41, 5.74) is 3.42. The Labute approximate surface area is 143 Å². The molecule has 1 aliphatic heterocycles. The van der Waals surface area contributed by atoms with E-state index in [-0.39, 0.29) is 11.8 Å². The first-order valence-corrected chi connectivity index (χ1v) is 8.69. The topological polar surface area (TPSA) is 62.3 Å². The zero-order chi connectivity index (χ0) is 16.2. The SMILES string of the molecule is O=C(CCc1cscn1)N[C@H]1CCN(c2cccc(Cl)c2)C1=O. The molecule has 1 atom stereocenters. The summed E-state index contributed by atoms with van der Waals surface area (Å²) in [5.74, 6) is -0.210. The minimum atomic E-state index is -0.461. The van der Waals surface area contributed by atoms with E-state index in [1.54, 1.807) is 22.5 Å². The van der Waals surface area contributed by atoms with E-state index >= 15 is 0 Å². The van der Waals surface area contributed by atoms with Crippen molar-refractivity contribution in [2.24, 2.45) is 0 Å². The Hall–Kier alpha value is -1.92. The summed E-state index contributed by atoms with van der Waals surface area (Å²) >= 11 is 7.48. The van der Waals surface area contributed by atoms with Crippen molar-refractivity contribution in [3.63, 3.8) is 0 Å². The number of halogens is 1. The first-order chi connectivity index (χ1) is 11.1. The summed E-state index contributed by atoms with van der Waals surface area (Å²) in [6, 6.07) is 6.72. The van der Waals surface area contributed by atoms with Crippen LogP contribution in [0.25, 0.3) is 0 Å². The highest BCUT2D eigenvalue weighted by atomic mass is 35.5. The highest BCUT2D eigenvalue weighted by Gasteiger charge is 2.33. The number of carbonyl (C=O) groups excluding carboxylic acids is 2. The van der Waals surface area contributed by atoms with Gasteiger partial charge in [-0.3, -0.25) is 9.59 Å². The second-order valence-corrected chi connectivity index (χ2v) is 6.51. The predicted octanol–water partition coefficient (Wildman–Crippen LogP) is 2.65. The lowest BCUT2D eigenvalue weighted by atomic mass is 10.2. The van der Waals surface area contributed by atoms with Gasteiger partial charge in [0.2, 0.25) is 11.8 Å². The Morgan fingerprint density at radius 3 is 3.09 bits per heavy atom. The molecule has 23 heavy (non-hydrogen) atoms. The lowest BCUT2D eigenvalue weighted by molar-refractivity contribution is -0.126. The maximum atomic E-state index is 12.4. The van der Waals surface area contributed by atoms with Gasteiger partial charge in [-0.05, 0) is 31.0 Å². The van der Waals surface area contributed by atoms with E-state index in [4.69, 9.17) is 11.6 Å². The minimum Gasteiger partial charge on any atom is -0.344 e. The van der Waals surface area contributed by atoms with E-state index in [0.717, 1.165) is 11.4 Å². The number of aromatic nitrogens is 1. The monoisotopic (exact) mass is 349 g/mol. The Morgan fingerprint density at radius 1 is 1.48 bits per heavy atom. The normalized spacial score (nSPS) is 17.5. The number of anilines is 1. The van der Waals surface area contributed by atoms with Crippen molar-refractivity contribution in [1.29, 1.82) is 0 Å². The first kappa shape index (κ1) is 16.0. The minimum absolute atomic E-state index is 0.0886. The molecule has 1 aliphatic rings. The quantitative estimate of drug-likeness (QED) is 0.902. The fourth-order valence-electron chi connectivity index (χ4n) is 2.58. The van der Waals surface area contributed by atoms with Gasteiger partial charge >= 0.3 is 0 Å². The average molecular weight is 350 g/mol. The number of hydrogen-bond donors (Lipinski definition) is 1. The smallest absolute Gasteiger partial charge is 0.249 e. The number of aryl methyl sites for hydroxylation is 1. The van der Waals surface area contributed by atoms with Crippen molar-refractivity contribution in [2.45, 2.75) is 25.3 Å². The van der Waals surface area contributed by atoms with Crippen LogP contribution in [0.2, 0.25) is 5.02 Å². The molecule has 120 valence electrons. The van der Waals surface area contributed by atoms with Gasteiger partial charge in [0.25, 0.3) is 0 Å². The number of amides is 2. The van der Waals surface area contributed by atoms with Crippen LogP contribution in [-0.4, -0.2) is 29.4 Å². The molecule has 3 rings (SSSR count). The molecule has 1 saturated heterocycles. The fraction of sp³-hybridized carbons (Fsp3) is 0.312. The molecule has 0 unspecified atom stereocenters. The third-order valence-corrected chi connectivity index (χ3v) is 4.62. The Kier molecular flexibility index (Phi) is 4.93. The largest absolute Gasteiger partial charge is 0.344 e. The molecule has 0 bridgehead atoms. The highest BCUT2D eigenvalue weighted by molar-refractivity contribution is 7.07. The molecule has 1 aromatic heterocycles. The maximum absolute atomic E-state index is 12.4. The number of thiazole rings is 1. The Balaban J connectivity index is 1.55. The average Bonchev–Trinajstić information content (AvgIpc) is 3.16. The van der Waals surface area contributed by atoms with Gasteiger partial charge in [0, 0.05) is 29.1 Å². The van der Waals surface area contributed by atoms with Crippen molar-refractivity contribution < 1.29 is 9.59 Å². The van der Waals surface area contributed by atoms with Gasteiger partial charge in [0.1, 0.15) is 6.04 Å². The van der Waals surface area contributed by atoms with E-state index in [2.05, 4.69) is 10.3 Å². The molecule has 2 heterocycles. The first-order valence-electron chi connectivity index (χ1n) is 7.37. The summed E-state index contributed by atoms with van der Waals surface area (Å²) < 4.78 is 0. The molecule has 5 nitrogen and oxygen atoms in total. The molecule has 2 aromatic rings. The van der Waals surface area contributed by atoms with Gasteiger partial charge in [-0.25, -0.2) is 4.98 Å². The van der Waals surface area contributed by atoms with Crippen molar-refractivity contribution in [2.75, 3.05) is 11.4 Å². The highest BCUT2D eigenvalue weighted by Crippen LogP contribution is 2.24. The van der Waals surface area contributed by atoms with Crippen LogP contribution < -0.4 is 10.2 Å². The molecule has 1 aromatic carbocycles. The molecule has 0 radical (unpaired) electrons. The van der Waals surface area contributed by atoms with Gasteiger partial charge in [0.15, 0.2) is 0 Å². The Bertz CT molecular complexity index is 705. The van der Waals surface area contributed by atoms with Crippen LogP contribution in [0.3, 0.4) is 0 Å². The third-order valence-electron chi connectivity index (χ3n) is 3.75. The van der Waals surface area contributed by atoms with Crippen LogP contribution in [0.15, 0.2) is 35.2 Å². The van der Waals surface area contributed by atoms with Crippen LogP contribution in [0.4, 0.5) is 5.69 Å². The molecule has 7 heteroatoms. The number of nitrogens with one attached hydrogen (secondary N) is 1. The molecular formula is C16H16ClN3O2S. The van der Waals surface area contributed by atoms with Crippen LogP contribution in [-0.2, 0) is 16.0 Å². The van der Waals surface area contributed by atoms with Crippen LogP contribution in [0.5, 0.6) is 0 Å². The van der Waals surface area contributed by atoms with Gasteiger partial charge in [-0.2, -0.15) is 0 Å². The van der Waals surface area contributed by atoms with Gasteiger partial charge in [0.05, 0.1) is 11.2 Å². The number of hydrogen-bond acceptors (Lipinski definition) is 4. The number of carbonyl (C=O) groups is 2. The molecular weight excluding hydrogens is 334 g/mol. The number of rotatable bonds is 5. The third kappa shape index (κ3) is 3.89. The number of benzene rings is 1. The lowest BCUT2D eigenvalue weighted by Gasteiger charge is -2.17. The van der Waals surface area contributed by atoms with Gasteiger partial charge < -0.3 is 10.2 Å². The van der Waals surface area contributed by atoms with Crippen molar-refractivity contribution >= 4 is 40.4 Å². The molecule has 0 saturated carbocycles. The predicted molar refractivity (Wildman–Crippen MR) is 90.8 cm³/mol. The van der Waals surface area contributed by atoms with E-state index < -0.39 is 6.04 Å². The van der Waals surface area contributed by atoms with Gasteiger partial charge in [-0.1, -0.05) is 17.7 Å². The second-order valence-electron chi connectivity index (χ2n) is 5.36. The van der Waals surface area contributed by atoms with E-state index in [1.165, 1.54) is 11.3 Å². The zero-order valence-corrected chi connectivity index (χ0v) is 13.9. The van der Waals surface area contributed by atoms with Crippen LogP contribution >= 0.6 is 22.9 Å². The lowest BCUT2D eigenvalue weighted by Crippen LogP contribution is -2.41. The summed E-state index contributed by atoms with van der Waals surface area (Å²) in [4.78, 5) is 30.3. The summed E-state index contributed by atoms with van der Waals surface area (Å²) in [7, 11) is 0. The summed E-state index contributed by atoms with van der Waals surface area (Å²) in [6.45, 7) is 0.580. The molecule has 1 N–H and O–H groups in total. The van der Waals surface area contributed by atoms with Gasteiger partial charge in [-0.15, -0.1) is 11.3 Å². The molecule has 0 aliphatic carbocycles. The van der Waals surface area contributed by atoms with E-state index in [9.17, 15) is 9.59 Å². The summed E-state index contributed by atoms with van der Waals surface area (Å²) in [6.07, 6.45) is 1.53. The fourth-order valence-corrected chi connectivity index (χ4v) is 3.36. The van der Waals surface area contributed by atoms with Crippen LogP contribution in [0.1, 0.15) is 18.5 Å². The van der Waals surface area contributed by atoms with E-state index in [0.29, 0.717) is 30.8 Å². The molecule has 2 amide bonds. The van der Waals surface area contributed by atoms with Crippen molar-refractivity contribution in [3.8, 4) is 0 Å². The maximum Gasteiger partial charge on any atom is 0.249 e. The number of nitrogens with zero attached hydrogens (tertiary/aromatic N) is 2.